The van der Waals surface area contributed by atoms with Crippen LogP contribution in [0.4, 0.5) is 10.1 Å². The molecule has 1 aromatic carbocycles. The van der Waals surface area contributed by atoms with Gasteiger partial charge in [0.2, 0.25) is 0 Å². The Labute approximate surface area is 169 Å². The number of nitrogen functional groups attached to an aromatic ring is 1. The predicted octanol–water partition coefficient (Wildman–Crippen LogP) is 3.89. The third-order valence-corrected chi connectivity index (χ3v) is 5.66. The number of ether oxygens (including phenoxy) is 1. The van der Waals surface area contributed by atoms with Crippen molar-refractivity contribution in [1.82, 2.24) is 20.2 Å². The van der Waals surface area contributed by atoms with Crippen LogP contribution < -0.4 is 16.0 Å². The summed E-state index contributed by atoms with van der Waals surface area (Å²) in [4.78, 5) is 19.7. The number of aromatic amines is 2. The zero-order chi connectivity index (χ0) is 20.3. The minimum atomic E-state index is -0.820. The maximum Gasteiger partial charge on any atom is 0.273 e. The van der Waals surface area contributed by atoms with Crippen molar-refractivity contribution in [3.05, 3.63) is 45.5 Å². The Morgan fingerprint density at radius 1 is 1.31 bits per heavy atom. The number of rotatable bonds is 3. The van der Waals surface area contributed by atoms with E-state index in [4.69, 9.17) is 22.1 Å². The van der Waals surface area contributed by atoms with Gasteiger partial charge in [0.15, 0.2) is 0 Å². The third kappa shape index (κ3) is 2.82. The van der Waals surface area contributed by atoms with Crippen molar-refractivity contribution in [3.63, 3.8) is 0 Å². The number of hydrogen-bond acceptors (Lipinski definition) is 5. The summed E-state index contributed by atoms with van der Waals surface area (Å²) in [6, 6.07) is 5.31. The molecule has 3 aromatic heterocycles. The number of nitrogens with zero attached hydrogens (tertiary/aromatic N) is 2. The number of benzene rings is 1. The van der Waals surface area contributed by atoms with Crippen molar-refractivity contribution in [2.45, 2.75) is 32.0 Å². The highest BCUT2D eigenvalue weighted by atomic mass is 35.5. The van der Waals surface area contributed by atoms with Crippen molar-refractivity contribution in [3.8, 4) is 16.9 Å². The van der Waals surface area contributed by atoms with Crippen molar-refractivity contribution in [2.75, 3.05) is 5.73 Å². The number of fused-ring (bicyclic) bond motifs is 2. The molecule has 29 heavy (non-hydrogen) atoms. The van der Waals surface area contributed by atoms with Gasteiger partial charge < -0.3 is 15.5 Å². The van der Waals surface area contributed by atoms with E-state index in [2.05, 4.69) is 20.2 Å². The number of anilines is 1. The van der Waals surface area contributed by atoms with Crippen LogP contribution in [0.25, 0.3) is 33.1 Å². The molecule has 1 aliphatic rings. The Morgan fingerprint density at radius 2 is 2.10 bits per heavy atom. The van der Waals surface area contributed by atoms with Crippen LogP contribution in [0.1, 0.15) is 18.5 Å². The normalized spacial score (nSPS) is 18.9. The fourth-order valence-corrected chi connectivity index (χ4v) is 3.92. The Hall–Kier alpha value is -3.13. The van der Waals surface area contributed by atoms with Gasteiger partial charge in [-0.1, -0.05) is 17.7 Å². The van der Waals surface area contributed by atoms with Gasteiger partial charge in [-0.3, -0.25) is 9.89 Å². The van der Waals surface area contributed by atoms with Crippen molar-refractivity contribution in [2.24, 2.45) is 0 Å². The standard InChI is InChI=1S/C20H17ClFN5O2/c1-8-15(29-10-4-9(22)5-10)6-12-16(17(23)20(28)26-19(12)25-8)11-2-3-14(21)18-13(11)7-24-27-18/h2-3,6-7,9-10H,4-5,23H2,1H3,(H,24,27)(H,25,26,28). The number of nitrogens with one attached hydrogen (secondary N) is 2. The molecule has 0 radical (unpaired) electrons. The summed E-state index contributed by atoms with van der Waals surface area (Å²) < 4.78 is 19.1. The van der Waals surface area contributed by atoms with E-state index in [0.29, 0.717) is 57.0 Å². The first kappa shape index (κ1) is 17.9. The molecule has 3 heterocycles. The van der Waals surface area contributed by atoms with E-state index < -0.39 is 11.7 Å². The molecule has 5 rings (SSSR count). The van der Waals surface area contributed by atoms with Crippen molar-refractivity contribution >= 4 is 39.2 Å². The molecule has 0 aliphatic heterocycles. The van der Waals surface area contributed by atoms with E-state index in [-0.39, 0.29) is 11.8 Å². The molecule has 0 spiro atoms. The number of alkyl halides is 1. The number of aromatic nitrogens is 4. The first-order chi connectivity index (χ1) is 13.9. The molecular formula is C20H17ClFN5O2. The molecule has 0 amide bonds. The van der Waals surface area contributed by atoms with Crippen LogP contribution in [0.2, 0.25) is 5.02 Å². The fraction of sp³-hybridized carbons (Fsp3) is 0.250. The number of pyridine rings is 2. The smallest absolute Gasteiger partial charge is 0.273 e. The van der Waals surface area contributed by atoms with Gasteiger partial charge in [-0.25, -0.2) is 9.37 Å². The zero-order valence-electron chi connectivity index (χ0n) is 15.4. The number of halogens is 2. The van der Waals surface area contributed by atoms with E-state index in [1.807, 2.05) is 0 Å². The van der Waals surface area contributed by atoms with Gasteiger partial charge >= 0.3 is 0 Å². The van der Waals surface area contributed by atoms with Crippen LogP contribution in [-0.2, 0) is 0 Å². The first-order valence-corrected chi connectivity index (χ1v) is 9.56. The molecule has 0 bridgehead atoms. The highest BCUT2D eigenvalue weighted by molar-refractivity contribution is 6.35. The Morgan fingerprint density at radius 3 is 2.86 bits per heavy atom. The number of nitrogens with two attached hydrogens (primary N) is 1. The molecule has 1 saturated carbocycles. The quantitative estimate of drug-likeness (QED) is 0.472. The number of H-pyrrole nitrogens is 2. The monoisotopic (exact) mass is 413 g/mol. The molecule has 0 atom stereocenters. The Kier molecular flexibility index (Phi) is 3.99. The van der Waals surface area contributed by atoms with Crippen molar-refractivity contribution in [1.29, 1.82) is 0 Å². The van der Waals surface area contributed by atoms with E-state index >= 15 is 0 Å². The van der Waals surface area contributed by atoms with Crippen LogP contribution in [0.15, 0.2) is 29.2 Å². The average Bonchev–Trinajstić information content (AvgIpc) is 3.15. The third-order valence-electron chi connectivity index (χ3n) is 5.35. The van der Waals surface area contributed by atoms with E-state index in [1.165, 1.54) is 0 Å². The van der Waals surface area contributed by atoms with Crippen LogP contribution in [0.5, 0.6) is 5.75 Å². The van der Waals surface area contributed by atoms with Gasteiger partial charge in [-0.2, -0.15) is 5.10 Å². The van der Waals surface area contributed by atoms with E-state index in [0.717, 1.165) is 5.39 Å². The average molecular weight is 414 g/mol. The van der Waals surface area contributed by atoms with Gasteiger partial charge in [0.05, 0.1) is 22.4 Å². The summed E-state index contributed by atoms with van der Waals surface area (Å²) in [5.41, 5.74) is 8.71. The lowest BCUT2D eigenvalue weighted by molar-refractivity contribution is 0.0403. The van der Waals surface area contributed by atoms with Gasteiger partial charge in [0.25, 0.3) is 5.56 Å². The highest BCUT2D eigenvalue weighted by Crippen LogP contribution is 2.39. The fourth-order valence-electron chi connectivity index (χ4n) is 3.71. The van der Waals surface area contributed by atoms with Crippen molar-refractivity contribution < 1.29 is 9.13 Å². The second-order valence-electron chi connectivity index (χ2n) is 7.27. The molecular weight excluding hydrogens is 397 g/mol. The van der Waals surface area contributed by atoms with Crippen LogP contribution in [-0.4, -0.2) is 32.4 Å². The lowest BCUT2D eigenvalue weighted by Gasteiger charge is -2.30. The van der Waals surface area contributed by atoms with E-state index in [1.54, 1.807) is 31.3 Å². The topological polar surface area (TPSA) is 110 Å². The van der Waals surface area contributed by atoms with Crippen LogP contribution in [0.3, 0.4) is 0 Å². The second-order valence-corrected chi connectivity index (χ2v) is 7.68. The predicted molar refractivity (Wildman–Crippen MR) is 110 cm³/mol. The summed E-state index contributed by atoms with van der Waals surface area (Å²) in [6.07, 6.45) is 1.37. The summed E-state index contributed by atoms with van der Waals surface area (Å²) in [7, 11) is 0. The maximum atomic E-state index is 13.2. The Bertz CT molecular complexity index is 1330. The van der Waals surface area contributed by atoms with E-state index in [9.17, 15) is 9.18 Å². The molecule has 4 N–H and O–H groups in total. The lowest BCUT2D eigenvalue weighted by Crippen LogP contribution is -2.35. The van der Waals surface area contributed by atoms with Gasteiger partial charge in [0.1, 0.15) is 29.4 Å². The first-order valence-electron chi connectivity index (χ1n) is 9.18. The van der Waals surface area contributed by atoms with Gasteiger partial charge in [-0.15, -0.1) is 0 Å². The minimum absolute atomic E-state index is 0.0615. The lowest BCUT2D eigenvalue weighted by atomic mass is 9.93. The molecule has 1 fully saturated rings. The largest absolute Gasteiger partial charge is 0.488 e. The summed E-state index contributed by atoms with van der Waals surface area (Å²) >= 11 is 6.25. The highest BCUT2D eigenvalue weighted by Gasteiger charge is 2.31. The molecule has 4 aromatic rings. The zero-order valence-corrected chi connectivity index (χ0v) is 16.2. The number of aryl methyl sites for hydroxylation is 1. The molecule has 0 saturated heterocycles. The van der Waals surface area contributed by atoms with Gasteiger partial charge in [-0.05, 0) is 24.6 Å². The summed E-state index contributed by atoms with van der Waals surface area (Å²) in [6.45, 7) is 1.78. The molecule has 9 heteroatoms. The molecule has 1 aliphatic carbocycles. The maximum absolute atomic E-state index is 13.2. The van der Waals surface area contributed by atoms with Crippen LogP contribution in [0, 0.1) is 6.92 Å². The van der Waals surface area contributed by atoms with Gasteiger partial charge in [0, 0.05) is 29.2 Å². The summed E-state index contributed by atoms with van der Waals surface area (Å²) in [5.74, 6) is 0.541. The molecule has 148 valence electrons. The molecule has 7 nitrogen and oxygen atoms in total. The number of hydrogen-bond donors (Lipinski definition) is 3. The SMILES string of the molecule is Cc1nc2[nH]c(=O)c(N)c(-c3ccc(Cl)c4[nH]ncc34)c2cc1OC1CC(F)C1. The van der Waals surface area contributed by atoms with Crippen LogP contribution >= 0.6 is 11.6 Å². The Balaban J connectivity index is 1.77. The second kappa shape index (κ2) is 6.45. The summed E-state index contributed by atoms with van der Waals surface area (Å²) in [5, 5.41) is 8.80. The minimum Gasteiger partial charge on any atom is -0.488 e. The molecule has 0 unspecified atom stereocenters.